The number of hydrogen-bond acceptors (Lipinski definition) is 4. The molecule has 18 heavy (non-hydrogen) atoms. The minimum Gasteiger partial charge on any atom is -0.475 e. The van der Waals surface area contributed by atoms with Crippen LogP contribution in [-0.2, 0) is 11.3 Å². The fourth-order valence-electron chi connectivity index (χ4n) is 1.48. The van der Waals surface area contributed by atoms with E-state index in [0.29, 0.717) is 19.1 Å². The second kappa shape index (κ2) is 6.71. The quantitative estimate of drug-likeness (QED) is 0.789. The van der Waals surface area contributed by atoms with E-state index in [4.69, 9.17) is 9.47 Å². The Balaban J connectivity index is 2.62. The summed E-state index contributed by atoms with van der Waals surface area (Å²) in [6.07, 6.45) is 0. The molecule has 0 atom stereocenters. The van der Waals surface area contributed by atoms with Crippen LogP contribution in [0.1, 0.15) is 32.0 Å². The van der Waals surface area contributed by atoms with Gasteiger partial charge in [-0.25, -0.2) is 4.98 Å². The van der Waals surface area contributed by atoms with Crippen molar-refractivity contribution < 1.29 is 9.47 Å². The van der Waals surface area contributed by atoms with Gasteiger partial charge in [0.2, 0.25) is 5.88 Å². The molecule has 1 aromatic rings. The van der Waals surface area contributed by atoms with Crippen molar-refractivity contribution in [2.45, 2.75) is 39.8 Å². The molecule has 0 bridgehead atoms. The highest BCUT2D eigenvalue weighted by atomic mass is 16.5. The van der Waals surface area contributed by atoms with Crippen molar-refractivity contribution in [3.05, 3.63) is 23.4 Å². The molecular formula is C14H24N2O2. The molecule has 0 saturated carbocycles. The molecule has 0 saturated heterocycles. The molecule has 4 heteroatoms. The standard InChI is InChI=1S/C14H24N2O2/c1-11-8-12(10-15-14(2,3)4)9-13(16-11)18-7-6-17-5/h8-9,15H,6-7,10H2,1-5H3. The van der Waals surface area contributed by atoms with Crippen molar-refractivity contribution in [3.8, 4) is 5.88 Å². The Bertz CT molecular complexity index is 373. The van der Waals surface area contributed by atoms with E-state index in [1.54, 1.807) is 7.11 Å². The highest BCUT2D eigenvalue weighted by molar-refractivity contribution is 5.24. The fourth-order valence-corrected chi connectivity index (χ4v) is 1.48. The summed E-state index contributed by atoms with van der Waals surface area (Å²) in [4.78, 5) is 4.34. The highest BCUT2D eigenvalue weighted by Crippen LogP contribution is 2.13. The number of nitrogens with one attached hydrogen (secondary N) is 1. The minimum absolute atomic E-state index is 0.105. The largest absolute Gasteiger partial charge is 0.475 e. The minimum atomic E-state index is 0.105. The van der Waals surface area contributed by atoms with Gasteiger partial charge in [0.15, 0.2) is 0 Å². The van der Waals surface area contributed by atoms with E-state index >= 15 is 0 Å². The van der Waals surface area contributed by atoms with Crippen LogP contribution in [0.15, 0.2) is 12.1 Å². The molecule has 0 aromatic carbocycles. The summed E-state index contributed by atoms with van der Waals surface area (Å²) in [6.45, 7) is 10.3. The first-order valence-electron chi connectivity index (χ1n) is 6.25. The van der Waals surface area contributed by atoms with E-state index in [0.717, 1.165) is 12.2 Å². The predicted octanol–water partition coefficient (Wildman–Crippen LogP) is 2.30. The molecule has 1 N–H and O–H groups in total. The average molecular weight is 252 g/mol. The number of hydrogen-bond donors (Lipinski definition) is 1. The van der Waals surface area contributed by atoms with Crippen LogP contribution in [0.25, 0.3) is 0 Å². The molecule has 1 heterocycles. The van der Waals surface area contributed by atoms with Crippen LogP contribution in [0.4, 0.5) is 0 Å². The maximum atomic E-state index is 5.54. The third-order valence-electron chi connectivity index (χ3n) is 2.35. The van der Waals surface area contributed by atoms with Crippen molar-refractivity contribution in [1.82, 2.24) is 10.3 Å². The monoisotopic (exact) mass is 252 g/mol. The number of rotatable bonds is 6. The molecule has 0 fully saturated rings. The Kier molecular flexibility index (Phi) is 5.56. The second-order valence-electron chi connectivity index (χ2n) is 5.40. The number of aromatic nitrogens is 1. The smallest absolute Gasteiger partial charge is 0.213 e. The molecule has 0 amide bonds. The maximum Gasteiger partial charge on any atom is 0.213 e. The van der Waals surface area contributed by atoms with Gasteiger partial charge in [-0.3, -0.25) is 0 Å². The summed E-state index contributed by atoms with van der Waals surface area (Å²) in [7, 11) is 1.66. The lowest BCUT2D eigenvalue weighted by atomic mass is 10.1. The fraction of sp³-hybridized carbons (Fsp3) is 0.643. The van der Waals surface area contributed by atoms with Crippen LogP contribution in [0.5, 0.6) is 5.88 Å². The molecule has 0 unspecified atom stereocenters. The SMILES string of the molecule is COCCOc1cc(CNC(C)(C)C)cc(C)n1. The van der Waals surface area contributed by atoms with E-state index in [1.807, 2.05) is 13.0 Å². The number of aryl methyl sites for hydroxylation is 1. The third kappa shape index (κ3) is 5.98. The summed E-state index contributed by atoms with van der Waals surface area (Å²) < 4.78 is 10.5. The third-order valence-corrected chi connectivity index (χ3v) is 2.35. The normalized spacial score (nSPS) is 11.6. The lowest BCUT2D eigenvalue weighted by Gasteiger charge is -2.20. The highest BCUT2D eigenvalue weighted by Gasteiger charge is 2.09. The molecule has 4 nitrogen and oxygen atoms in total. The van der Waals surface area contributed by atoms with Crippen molar-refractivity contribution in [3.63, 3.8) is 0 Å². The van der Waals surface area contributed by atoms with Crippen LogP contribution in [0, 0.1) is 6.92 Å². The Morgan fingerprint density at radius 3 is 2.56 bits per heavy atom. The van der Waals surface area contributed by atoms with Gasteiger partial charge in [0.25, 0.3) is 0 Å². The molecular weight excluding hydrogens is 228 g/mol. The van der Waals surface area contributed by atoms with Crippen LogP contribution in [-0.4, -0.2) is 30.8 Å². The van der Waals surface area contributed by atoms with Gasteiger partial charge in [0, 0.05) is 31.0 Å². The number of nitrogens with zero attached hydrogens (tertiary/aromatic N) is 1. The van der Waals surface area contributed by atoms with Gasteiger partial charge < -0.3 is 14.8 Å². The van der Waals surface area contributed by atoms with Gasteiger partial charge in [-0.05, 0) is 39.3 Å². The van der Waals surface area contributed by atoms with E-state index in [2.05, 4.69) is 37.1 Å². The van der Waals surface area contributed by atoms with E-state index in [1.165, 1.54) is 5.56 Å². The Hall–Kier alpha value is -1.13. The van der Waals surface area contributed by atoms with Gasteiger partial charge in [0.1, 0.15) is 6.61 Å². The Morgan fingerprint density at radius 2 is 1.94 bits per heavy atom. The van der Waals surface area contributed by atoms with Crippen LogP contribution >= 0.6 is 0 Å². The zero-order valence-electron chi connectivity index (χ0n) is 12.0. The molecule has 0 radical (unpaired) electrons. The second-order valence-corrected chi connectivity index (χ2v) is 5.40. The topological polar surface area (TPSA) is 43.4 Å². The summed E-state index contributed by atoms with van der Waals surface area (Å²) in [5.41, 5.74) is 2.26. The predicted molar refractivity (Wildman–Crippen MR) is 72.9 cm³/mol. The molecule has 1 rings (SSSR count). The van der Waals surface area contributed by atoms with Crippen molar-refractivity contribution in [2.75, 3.05) is 20.3 Å². The van der Waals surface area contributed by atoms with E-state index in [9.17, 15) is 0 Å². The first kappa shape index (κ1) is 14.9. The summed E-state index contributed by atoms with van der Waals surface area (Å²) in [5, 5.41) is 3.45. The lowest BCUT2D eigenvalue weighted by Crippen LogP contribution is -2.35. The van der Waals surface area contributed by atoms with E-state index in [-0.39, 0.29) is 5.54 Å². The van der Waals surface area contributed by atoms with E-state index < -0.39 is 0 Å². The maximum absolute atomic E-state index is 5.54. The first-order chi connectivity index (χ1) is 8.40. The van der Waals surface area contributed by atoms with Crippen LogP contribution < -0.4 is 10.1 Å². The average Bonchev–Trinajstić information content (AvgIpc) is 2.25. The van der Waals surface area contributed by atoms with Crippen molar-refractivity contribution >= 4 is 0 Å². The van der Waals surface area contributed by atoms with Gasteiger partial charge in [0.05, 0.1) is 6.61 Å². The molecule has 0 aliphatic carbocycles. The molecule has 1 aromatic heterocycles. The Labute approximate surface area is 110 Å². The van der Waals surface area contributed by atoms with Gasteiger partial charge in [-0.1, -0.05) is 0 Å². The lowest BCUT2D eigenvalue weighted by molar-refractivity contribution is 0.143. The molecule has 0 aliphatic heterocycles. The van der Waals surface area contributed by atoms with Crippen LogP contribution in [0.2, 0.25) is 0 Å². The molecule has 102 valence electrons. The molecule has 0 spiro atoms. The van der Waals surface area contributed by atoms with Gasteiger partial charge in [-0.2, -0.15) is 0 Å². The summed E-state index contributed by atoms with van der Waals surface area (Å²) >= 11 is 0. The molecule has 0 aliphatic rings. The Morgan fingerprint density at radius 1 is 1.22 bits per heavy atom. The zero-order valence-corrected chi connectivity index (χ0v) is 12.0. The number of methoxy groups -OCH3 is 1. The number of pyridine rings is 1. The summed E-state index contributed by atoms with van der Waals surface area (Å²) in [6, 6.07) is 4.04. The summed E-state index contributed by atoms with van der Waals surface area (Å²) in [5.74, 6) is 0.665. The number of ether oxygens (including phenoxy) is 2. The van der Waals surface area contributed by atoms with Crippen molar-refractivity contribution in [1.29, 1.82) is 0 Å². The first-order valence-corrected chi connectivity index (χ1v) is 6.25. The van der Waals surface area contributed by atoms with Gasteiger partial charge >= 0.3 is 0 Å². The van der Waals surface area contributed by atoms with Crippen molar-refractivity contribution in [2.24, 2.45) is 0 Å². The van der Waals surface area contributed by atoms with Gasteiger partial charge in [-0.15, -0.1) is 0 Å². The zero-order chi connectivity index (χ0) is 13.6. The van der Waals surface area contributed by atoms with Crippen LogP contribution in [0.3, 0.4) is 0 Å².